The minimum atomic E-state index is 0.0948. The number of benzene rings is 1. The maximum atomic E-state index is 12.3. The van der Waals surface area contributed by atoms with Gasteiger partial charge in [-0.3, -0.25) is 4.79 Å². The van der Waals surface area contributed by atoms with Gasteiger partial charge in [0.15, 0.2) is 5.78 Å². The van der Waals surface area contributed by atoms with Crippen molar-refractivity contribution in [1.82, 2.24) is 14.8 Å². The van der Waals surface area contributed by atoms with Gasteiger partial charge >= 0.3 is 0 Å². The van der Waals surface area contributed by atoms with E-state index in [4.69, 9.17) is 0 Å². The summed E-state index contributed by atoms with van der Waals surface area (Å²) in [6, 6.07) is 5.86. The number of nitrogens with zero attached hydrogens (tertiary/aromatic N) is 3. The van der Waals surface area contributed by atoms with Gasteiger partial charge < -0.3 is 5.32 Å². The molecule has 0 unspecified atom stereocenters. The summed E-state index contributed by atoms with van der Waals surface area (Å²) >= 11 is 0. The number of nitrogens with one attached hydrogen (secondary N) is 1. The van der Waals surface area contributed by atoms with E-state index in [1.807, 2.05) is 25.1 Å². The van der Waals surface area contributed by atoms with E-state index in [0.717, 1.165) is 36.6 Å². The van der Waals surface area contributed by atoms with E-state index in [1.165, 1.54) is 11.9 Å². The van der Waals surface area contributed by atoms with Gasteiger partial charge in [-0.25, -0.2) is 9.67 Å². The predicted octanol–water partition coefficient (Wildman–Crippen LogP) is 1.69. The first kappa shape index (κ1) is 11.9. The molecule has 1 aromatic heterocycles. The molecule has 5 nitrogen and oxygen atoms in total. The van der Waals surface area contributed by atoms with Crippen LogP contribution in [-0.4, -0.2) is 27.1 Å². The van der Waals surface area contributed by atoms with Crippen LogP contribution >= 0.6 is 0 Å². The minimum Gasteiger partial charge on any atom is -0.384 e. The largest absolute Gasteiger partial charge is 0.384 e. The Hall–Kier alpha value is -2.17. The molecule has 2 aromatic rings. The van der Waals surface area contributed by atoms with Crippen LogP contribution in [-0.2, 0) is 19.4 Å². The molecule has 0 saturated carbocycles. The smallest absolute Gasteiger partial charge is 0.170 e. The Morgan fingerprint density at radius 2 is 2.37 bits per heavy atom. The summed E-state index contributed by atoms with van der Waals surface area (Å²) in [4.78, 5) is 16.4. The molecular weight excluding hydrogens is 240 g/mol. The molecule has 3 rings (SSSR count). The first-order valence-electron chi connectivity index (χ1n) is 6.54. The van der Waals surface area contributed by atoms with Crippen LogP contribution in [0.15, 0.2) is 24.5 Å². The fourth-order valence-electron chi connectivity index (χ4n) is 2.41. The Bertz CT molecular complexity index is 618. The van der Waals surface area contributed by atoms with Crippen LogP contribution in [0.25, 0.3) is 0 Å². The van der Waals surface area contributed by atoms with Crippen LogP contribution in [0, 0.1) is 0 Å². The van der Waals surface area contributed by atoms with E-state index in [0.29, 0.717) is 6.42 Å². The summed E-state index contributed by atoms with van der Waals surface area (Å²) in [6.07, 6.45) is 2.79. The molecule has 0 aliphatic carbocycles. The van der Waals surface area contributed by atoms with Gasteiger partial charge in [-0.2, -0.15) is 5.10 Å². The van der Waals surface area contributed by atoms with Crippen molar-refractivity contribution in [3.05, 3.63) is 41.5 Å². The number of carbonyl (C=O) groups is 1. The van der Waals surface area contributed by atoms with Crippen molar-refractivity contribution in [1.29, 1.82) is 0 Å². The Morgan fingerprint density at radius 3 is 3.21 bits per heavy atom. The lowest BCUT2D eigenvalue weighted by Gasteiger charge is -2.05. The summed E-state index contributed by atoms with van der Waals surface area (Å²) in [6.45, 7) is 3.68. The molecule has 1 aromatic carbocycles. The van der Waals surface area contributed by atoms with E-state index in [2.05, 4.69) is 15.4 Å². The SMILES string of the molecule is CCn1ncnc1CC(=O)c1ccc2c(c1)CCN2. The van der Waals surface area contributed by atoms with E-state index < -0.39 is 0 Å². The number of anilines is 1. The molecule has 2 heterocycles. The maximum Gasteiger partial charge on any atom is 0.170 e. The van der Waals surface area contributed by atoms with E-state index in [-0.39, 0.29) is 5.78 Å². The average molecular weight is 256 g/mol. The fraction of sp³-hybridized carbons (Fsp3) is 0.357. The maximum absolute atomic E-state index is 12.3. The van der Waals surface area contributed by atoms with Crippen molar-refractivity contribution in [2.24, 2.45) is 0 Å². The third-order valence-electron chi connectivity index (χ3n) is 3.45. The Morgan fingerprint density at radius 1 is 1.47 bits per heavy atom. The quantitative estimate of drug-likeness (QED) is 0.846. The van der Waals surface area contributed by atoms with Crippen LogP contribution in [0.1, 0.15) is 28.7 Å². The highest BCUT2D eigenvalue weighted by atomic mass is 16.1. The third-order valence-corrected chi connectivity index (χ3v) is 3.45. The highest BCUT2D eigenvalue weighted by molar-refractivity contribution is 5.97. The predicted molar refractivity (Wildman–Crippen MR) is 72.4 cm³/mol. The number of aromatic nitrogens is 3. The summed E-state index contributed by atoms with van der Waals surface area (Å²) in [5.74, 6) is 0.823. The van der Waals surface area contributed by atoms with Gasteiger partial charge in [-0.1, -0.05) is 0 Å². The summed E-state index contributed by atoms with van der Waals surface area (Å²) < 4.78 is 1.76. The summed E-state index contributed by atoms with van der Waals surface area (Å²) in [7, 11) is 0. The number of Topliss-reactive ketones (excluding diaryl/α,β-unsaturated/α-hetero) is 1. The molecule has 1 aliphatic heterocycles. The molecule has 0 atom stereocenters. The lowest BCUT2D eigenvalue weighted by atomic mass is 10.0. The molecule has 0 bridgehead atoms. The van der Waals surface area contributed by atoms with Crippen molar-refractivity contribution in [2.75, 3.05) is 11.9 Å². The first-order valence-corrected chi connectivity index (χ1v) is 6.54. The molecule has 0 saturated heterocycles. The van der Waals surface area contributed by atoms with E-state index in [9.17, 15) is 4.79 Å². The standard InChI is InChI=1S/C14H16N4O/c1-2-18-14(16-9-17-18)8-13(19)11-3-4-12-10(7-11)5-6-15-12/h3-4,7,9,15H,2,5-6,8H2,1H3. The topological polar surface area (TPSA) is 59.8 Å². The van der Waals surface area contributed by atoms with E-state index >= 15 is 0 Å². The molecule has 98 valence electrons. The zero-order valence-corrected chi connectivity index (χ0v) is 10.9. The van der Waals surface area contributed by atoms with Crippen molar-refractivity contribution < 1.29 is 4.79 Å². The molecular formula is C14H16N4O. The zero-order chi connectivity index (χ0) is 13.2. The van der Waals surface area contributed by atoms with Crippen LogP contribution in [0.5, 0.6) is 0 Å². The minimum absolute atomic E-state index is 0.0948. The number of ketones is 1. The van der Waals surface area contributed by atoms with Crippen LogP contribution < -0.4 is 5.32 Å². The van der Waals surface area contributed by atoms with Crippen LogP contribution in [0.3, 0.4) is 0 Å². The monoisotopic (exact) mass is 256 g/mol. The Kier molecular flexibility index (Phi) is 3.03. The average Bonchev–Trinajstić information content (AvgIpc) is 3.05. The fourth-order valence-corrected chi connectivity index (χ4v) is 2.41. The molecule has 0 fully saturated rings. The highest BCUT2D eigenvalue weighted by Gasteiger charge is 2.15. The first-order chi connectivity index (χ1) is 9.28. The second-order valence-corrected chi connectivity index (χ2v) is 4.64. The summed E-state index contributed by atoms with van der Waals surface area (Å²) in [5.41, 5.74) is 3.13. The third kappa shape index (κ3) is 2.23. The van der Waals surface area contributed by atoms with Gasteiger partial charge in [0.05, 0.1) is 6.42 Å². The van der Waals surface area contributed by atoms with Gasteiger partial charge in [-0.05, 0) is 37.1 Å². The zero-order valence-electron chi connectivity index (χ0n) is 10.9. The molecule has 0 spiro atoms. The number of carbonyl (C=O) groups excluding carboxylic acids is 1. The van der Waals surface area contributed by atoms with Gasteiger partial charge in [0.2, 0.25) is 0 Å². The van der Waals surface area contributed by atoms with E-state index in [1.54, 1.807) is 4.68 Å². The van der Waals surface area contributed by atoms with Gasteiger partial charge in [0, 0.05) is 24.3 Å². The number of hydrogen-bond acceptors (Lipinski definition) is 4. The van der Waals surface area contributed by atoms with Gasteiger partial charge in [0.25, 0.3) is 0 Å². The Labute approximate surface area is 111 Å². The van der Waals surface area contributed by atoms with Crippen molar-refractivity contribution >= 4 is 11.5 Å². The van der Waals surface area contributed by atoms with Crippen molar-refractivity contribution in [3.8, 4) is 0 Å². The number of aryl methyl sites for hydroxylation is 1. The van der Waals surface area contributed by atoms with Crippen molar-refractivity contribution in [3.63, 3.8) is 0 Å². The Balaban J connectivity index is 1.81. The van der Waals surface area contributed by atoms with Crippen LogP contribution in [0.4, 0.5) is 5.69 Å². The van der Waals surface area contributed by atoms with Gasteiger partial charge in [-0.15, -0.1) is 0 Å². The molecule has 19 heavy (non-hydrogen) atoms. The second-order valence-electron chi connectivity index (χ2n) is 4.64. The highest BCUT2D eigenvalue weighted by Crippen LogP contribution is 2.23. The molecule has 0 amide bonds. The van der Waals surface area contributed by atoms with Gasteiger partial charge in [0.1, 0.15) is 12.2 Å². The lowest BCUT2D eigenvalue weighted by Crippen LogP contribution is -2.11. The molecule has 5 heteroatoms. The van der Waals surface area contributed by atoms with Crippen molar-refractivity contribution in [2.45, 2.75) is 26.3 Å². The normalized spacial score (nSPS) is 13.1. The molecule has 1 N–H and O–H groups in total. The number of rotatable bonds is 4. The lowest BCUT2D eigenvalue weighted by molar-refractivity contribution is 0.0989. The summed E-state index contributed by atoms with van der Waals surface area (Å²) in [5, 5.41) is 7.37. The van der Waals surface area contributed by atoms with Crippen LogP contribution in [0.2, 0.25) is 0 Å². The number of fused-ring (bicyclic) bond motifs is 1. The second kappa shape index (κ2) is 4.84. The number of hydrogen-bond donors (Lipinski definition) is 1. The molecule has 0 radical (unpaired) electrons. The molecule has 1 aliphatic rings.